The molecule has 0 radical (unpaired) electrons. The first kappa shape index (κ1) is 9.12. The Hall–Kier alpha value is -1.45. The summed E-state index contributed by atoms with van der Waals surface area (Å²) in [6.07, 6.45) is -2.57. The molecule has 0 bridgehead atoms. The topological polar surface area (TPSA) is 15.8 Å². The van der Waals surface area contributed by atoms with Gasteiger partial charge in [-0.15, -0.1) is 0 Å². The quantitative estimate of drug-likeness (QED) is 0.668. The van der Waals surface area contributed by atoms with E-state index in [1.807, 2.05) is 6.92 Å². The molecular weight excluding hydrogens is 191 g/mol. The first-order chi connectivity index (χ1) is 6.48. The predicted octanol–water partition coefficient (Wildman–Crippen LogP) is 3.50. The van der Waals surface area contributed by atoms with Gasteiger partial charge in [0.1, 0.15) is 0 Å². The molecule has 0 unspecified atom stereocenters. The minimum atomic E-state index is -4.27. The Labute approximate surface area is 78.5 Å². The summed E-state index contributed by atoms with van der Waals surface area (Å²) in [5, 5.41) is 0.831. The van der Waals surface area contributed by atoms with Crippen molar-refractivity contribution in [2.24, 2.45) is 0 Å². The molecule has 0 spiro atoms. The van der Waals surface area contributed by atoms with Crippen molar-refractivity contribution < 1.29 is 13.2 Å². The zero-order chi connectivity index (χ0) is 10.3. The van der Waals surface area contributed by atoms with Crippen molar-refractivity contribution >= 4 is 10.9 Å². The van der Waals surface area contributed by atoms with Gasteiger partial charge in [-0.3, -0.25) is 0 Å². The van der Waals surface area contributed by atoms with Gasteiger partial charge in [0.15, 0.2) is 0 Å². The number of fused-ring (bicyclic) bond motifs is 1. The van der Waals surface area contributed by atoms with Gasteiger partial charge in [0.05, 0.1) is 5.56 Å². The fourth-order valence-electron chi connectivity index (χ4n) is 1.45. The maximum atomic E-state index is 12.3. The van der Waals surface area contributed by atoms with Crippen LogP contribution in [0, 0.1) is 6.92 Å². The Morgan fingerprint density at radius 2 is 1.93 bits per heavy atom. The van der Waals surface area contributed by atoms with Gasteiger partial charge in [-0.2, -0.15) is 13.2 Å². The normalized spacial score (nSPS) is 12.3. The molecule has 0 saturated heterocycles. The molecule has 0 aliphatic carbocycles. The van der Waals surface area contributed by atoms with Crippen LogP contribution in [0.15, 0.2) is 24.4 Å². The number of halogens is 3. The molecule has 74 valence electrons. The van der Waals surface area contributed by atoms with Crippen LogP contribution in [-0.2, 0) is 6.18 Å². The number of aryl methyl sites for hydroxylation is 1. The first-order valence-electron chi connectivity index (χ1n) is 4.13. The third-order valence-electron chi connectivity index (χ3n) is 2.22. The Kier molecular flexibility index (Phi) is 1.80. The third kappa shape index (κ3) is 1.36. The summed E-state index contributed by atoms with van der Waals surface area (Å²) < 4.78 is 36.9. The van der Waals surface area contributed by atoms with Gasteiger partial charge in [0.25, 0.3) is 0 Å². The molecule has 4 heteroatoms. The third-order valence-corrected chi connectivity index (χ3v) is 2.22. The molecule has 0 aliphatic rings. The van der Waals surface area contributed by atoms with Crippen LogP contribution < -0.4 is 0 Å². The summed E-state index contributed by atoms with van der Waals surface area (Å²) in [7, 11) is 0. The maximum absolute atomic E-state index is 12.3. The SMILES string of the molecule is Cc1c[nH]c2cc(C(F)(F)F)ccc12. The monoisotopic (exact) mass is 199 g/mol. The number of aromatic nitrogens is 1. The van der Waals surface area contributed by atoms with Gasteiger partial charge >= 0.3 is 6.18 Å². The van der Waals surface area contributed by atoms with Crippen LogP contribution in [0.4, 0.5) is 13.2 Å². The number of hydrogen-bond acceptors (Lipinski definition) is 0. The van der Waals surface area contributed by atoms with E-state index in [0.717, 1.165) is 23.1 Å². The lowest BCUT2D eigenvalue weighted by Gasteiger charge is -2.05. The van der Waals surface area contributed by atoms with E-state index in [1.54, 1.807) is 6.20 Å². The average molecular weight is 199 g/mol. The molecule has 0 aliphatic heterocycles. The fraction of sp³-hybridized carbons (Fsp3) is 0.200. The van der Waals surface area contributed by atoms with Crippen LogP contribution in [-0.4, -0.2) is 4.98 Å². The lowest BCUT2D eigenvalue weighted by Crippen LogP contribution is -2.04. The molecule has 0 atom stereocenters. The lowest BCUT2D eigenvalue weighted by atomic mass is 10.1. The van der Waals surface area contributed by atoms with Gasteiger partial charge in [0, 0.05) is 17.1 Å². The van der Waals surface area contributed by atoms with E-state index in [-0.39, 0.29) is 0 Å². The molecule has 0 fully saturated rings. The number of hydrogen-bond donors (Lipinski definition) is 1. The van der Waals surface area contributed by atoms with Crippen LogP contribution in [0.3, 0.4) is 0 Å². The lowest BCUT2D eigenvalue weighted by molar-refractivity contribution is -0.137. The van der Waals surface area contributed by atoms with Crippen molar-refractivity contribution in [1.82, 2.24) is 4.98 Å². The molecule has 1 heterocycles. The van der Waals surface area contributed by atoms with Crippen LogP contribution >= 0.6 is 0 Å². The van der Waals surface area contributed by atoms with Gasteiger partial charge in [-0.1, -0.05) is 6.07 Å². The van der Waals surface area contributed by atoms with Crippen molar-refractivity contribution in [3.05, 3.63) is 35.5 Å². The molecule has 0 amide bonds. The predicted molar refractivity (Wildman–Crippen MR) is 48.0 cm³/mol. The summed E-state index contributed by atoms with van der Waals surface area (Å²) >= 11 is 0. The van der Waals surface area contributed by atoms with Gasteiger partial charge < -0.3 is 4.98 Å². The van der Waals surface area contributed by atoms with Crippen LogP contribution in [0.25, 0.3) is 10.9 Å². The highest BCUT2D eigenvalue weighted by Gasteiger charge is 2.30. The van der Waals surface area contributed by atoms with Gasteiger partial charge in [-0.25, -0.2) is 0 Å². The summed E-state index contributed by atoms with van der Waals surface area (Å²) in [6.45, 7) is 1.85. The highest BCUT2D eigenvalue weighted by Crippen LogP contribution is 2.31. The molecule has 2 rings (SSSR count). The zero-order valence-electron chi connectivity index (χ0n) is 7.44. The fourth-order valence-corrected chi connectivity index (χ4v) is 1.45. The van der Waals surface area contributed by atoms with Crippen LogP contribution in [0.5, 0.6) is 0 Å². The minimum Gasteiger partial charge on any atom is -0.361 e. The second-order valence-electron chi connectivity index (χ2n) is 3.23. The second-order valence-corrected chi connectivity index (χ2v) is 3.23. The maximum Gasteiger partial charge on any atom is 0.416 e. The van der Waals surface area contributed by atoms with Crippen LogP contribution in [0.1, 0.15) is 11.1 Å². The van der Waals surface area contributed by atoms with E-state index in [4.69, 9.17) is 0 Å². The summed E-state index contributed by atoms with van der Waals surface area (Å²) in [4.78, 5) is 2.80. The van der Waals surface area contributed by atoms with Crippen molar-refractivity contribution in [3.63, 3.8) is 0 Å². The second kappa shape index (κ2) is 2.77. The van der Waals surface area contributed by atoms with E-state index < -0.39 is 11.7 Å². The molecule has 1 N–H and O–H groups in total. The molecular formula is C10H8F3N. The number of benzene rings is 1. The number of alkyl halides is 3. The highest BCUT2D eigenvalue weighted by molar-refractivity contribution is 5.83. The van der Waals surface area contributed by atoms with Gasteiger partial charge in [0.2, 0.25) is 0 Å². The minimum absolute atomic E-state index is 0.525. The van der Waals surface area contributed by atoms with E-state index in [1.165, 1.54) is 6.07 Å². The molecule has 1 aromatic heterocycles. The van der Waals surface area contributed by atoms with E-state index in [9.17, 15) is 13.2 Å². The number of nitrogens with one attached hydrogen (secondary N) is 1. The standard InChI is InChI=1S/C10H8F3N/c1-6-5-14-9-4-7(10(11,12)13)2-3-8(6)9/h2-5,14H,1H3. The smallest absolute Gasteiger partial charge is 0.361 e. The molecule has 2 aromatic rings. The van der Waals surface area contributed by atoms with Gasteiger partial charge in [-0.05, 0) is 24.6 Å². The van der Waals surface area contributed by atoms with E-state index in [2.05, 4.69) is 4.98 Å². The van der Waals surface area contributed by atoms with Crippen molar-refractivity contribution in [2.75, 3.05) is 0 Å². The Morgan fingerprint density at radius 3 is 2.57 bits per heavy atom. The Bertz CT molecular complexity index is 468. The molecule has 1 nitrogen and oxygen atoms in total. The summed E-state index contributed by atoms with van der Waals surface area (Å²) in [5.74, 6) is 0. The van der Waals surface area contributed by atoms with Crippen molar-refractivity contribution in [3.8, 4) is 0 Å². The Balaban J connectivity index is 2.63. The number of rotatable bonds is 0. The first-order valence-corrected chi connectivity index (χ1v) is 4.13. The summed E-state index contributed by atoms with van der Waals surface area (Å²) in [6, 6.07) is 3.72. The zero-order valence-corrected chi connectivity index (χ0v) is 7.44. The molecule has 0 saturated carbocycles. The molecule has 14 heavy (non-hydrogen) atoms. The number of aromatic amines is 1. The highest BCUT2D eigenvalue weighted by atomic mass is 19.4. The van der Waals surface area contributed by atoms with Crippen molar-refractivity contribution in [2.45, 2.75) is 13.1 Å². The van der Waals surface area contributed by atoms with E-state index >= 15 is 0 Å². The number of H-pyrrole nitrogens is 1. The van der Waals surface area contributed by atoms with Crippen molar-refractivity contribution in [1.29, 1.82) is 0 Å². The van der Waals surface area contributed by atoms with E-state index in [0.29, 0.717) is 5.52 Å². The largest absolute Gasteiger partial charge is 0.416 e. The molecule has 1 aromatic carbocycles. The summed E-state index contributed by atoms with van der Waals surface area (Å²) in [5.41, 5.74) is 0.859. The Morgan fingerprint density at radius 1 is 1.21 bits per heavy atom. The average Bonchev–Trinajstić information content (AvgIpc) is 2.46. The van der Waals surface area contributed by atoms with Crippen LogP contribution in [0.2, 0.25) is 0 Å².